The lowest BCUT2D eigenvalue weighted by atomic mass is 9.96. The molecule has 1 aromatic heterocycles. The van der Waals surface area contributed by atoms with Crippen LogP contribution in [-0.2, 0) is 4.79 Å². The Morgan fingerprint density at radius 3 is 2.63 bits per heavy atom. The van der Waals surface area contributed by atoms with E-state index in [1.54, 1.807) is 13.3 Å². The van der Waals surface area contributed by atoms with Crippen LogP contribution in [0.2, 0.25) is 0 Å². The molecule has 1 aromatic rings. The molecule has 5 nitrogen and oxygen atoms in total. The molecule has 19 heavy (non-hydrogen) atoms. The van der Waals surface area contributed by atoms with Crippen LogP contribution in [0, 0.1) is 5.41 Å². The van der Waals surface area contributed by atoms with Gasteiger partial charge >= 0.3 is 0 Å². The quantitative estimate of drug-likeness (QED) is 0.854. The lowest BCUT2D eigenvalue weighted by molar-refractivity contribution is -0.116. The molecule has 0 saturated heterocycles. The maximum absolute atomic E-state index is 10.9. The van der Waals surface area contributed by atoms with Gasteiger partial charge in [0.25, 0.3) is 0 Å². The predicted molar refractivity (Wildman–Crippen MR) is 78.5 cm³/mol. The van der Waals surface area contributed by atoms with Crippen molar-refractivity contribution in [2.75, 3.05) is 30.4 Å². The summed E-state index contributed by atoms with van der Waals surface area (Å²) in [5.74, 6) is 1.81. The second-order valence-electron chi connectivity index (χ2n) is 6.06. The number of Topliss-reactive ketones (excluding diaryl/α,β-unsaturated/α-hetero) is 1. The Labute approximate surface area is 115 Å². The second-order valence-corrected chi connectivity index (χ2v) is 6.06. The molecular formula is C14H24N4O. The van der Waals surface area contributed by atoms with Gasteiger partial charge < -0.3 is 10.2 Å². The Morgan fingerprint density at radius 2 is 2.05 bits per heavy atom. The van der Waals surface area contributed by atoms with Gasteiger partial charge in [-0.2, -0.15) is 0 Å². The number of anilines is 2. The maximum atomic E-state index is 10.9. The Hall–Kier alpha value is -1.65. The van der Waals surface area contributed by atoms with E-state index in [1.165, 1.54) is 0 Å². The van der Waals surface area contributed by atoms with Crippen LogP contribution < -0.4 is 10.2 Å². The van der Waals surface area contributed by atoms with Gasteiger partial charge in [-0.15, -0.1) is 0 Å². The molecule has 1 N–H and O–H groups in total. The second kappa shape index (κ2) is 6.50. The molecule has 0 atom stereocenters. The zero-order valence-corrected chi connectivity index (χ0v) is 12.5. The van der Waals surface area contributed by atoms with E-state index in [0.717, 1.165) is 18.2 Å². The van der Waals surface area contributed by atoms with Crippen molar-refractivity contribution in [1.82, 2.24) is 9.97 Å². The lowest BCUT2D eigenvalue weighted by Crippen LogP contribution is -2.29. The van der Waals surface area contributed by atoms with Crippen molar-refractivity contribution in [3.63, 3.8) is 0 Å². The normalized spacial score (nSPS) is 11.2. The monoisotopic (exact) mass is 264 g/mol. The minimum Gasteiger partial charge on any atom is -0.369 e. The van der Waals surface area contributed by atoms with Crippen molar-refractivity contribution >= 4 is 17.4 Å². The highest BCUT2D eigenvalue weighted by Gasteiger charge is 2.15. The van der Waals surface area contributed by atoms with Gasteiger partial charge in [0.05, 0.1) is 0 Å². The Bertz CT molecular complexity index is 426. The van der Waals surface area contributed by atoms with E-state index in [2.05, 4.69) is 41.0 Å². The van der Waals surface area contributed by atoms with Gasteiger partial charge in [0, 0.05) is 32.6 Å². The highest BCUT2D eigenvalue weighted by molar-refractivity contribution is 5.75. The number of carbonyl (C=O) groups is 1. The first-order valence-corrected chi connectivity index (χ1v) is 6.54. The molecule has 0 amide bonds. The molecule has 0 radical (unpaired) electrons. The summed E-state index contributed by atoms with van der Waals surface area (Å²) in [5, 5.41) is 3.14. The smallest absolute Gasteiger partial charge is 0.133 e. The van der Waals surface area contributed by atoms with E-state index in [0.29, 0.717) is 13.0 Å². The maximum Gasteiger partial charge on any atom is 0.133 e. The van der Waals surface area contributed by atoms with Crippen molar-refractivity contribution in [2.45, 2.75) is 34.1 Å². The Kier molecular flexibility index (Phi) is 5.27. The topological polar surface area (TPSA) is 58.1 Å². The number of hydrogen-bond donors (Lipinski definition) is 1. The van der Waals surface area contributed by atoms with Crippen LogP contribution in [0.1, 0.15) is 34.1 Å². The van der Waals surface area contributed by atoms with E-state index in [9.17, 15) is 4.79 Å². The summed E-state index contributed by atoms with van der Waals surface area (Å²) in [5.41, 5.74) is 0.210. The first kappa shape index (κ1) is 15.4. The number of rotatable bonds is 6. The minimum absolute atomic E-state index is 0.173. The third-order valence-corrected chi connectivity index (χ3v) is 2.54. The lowest BCUT2D eigenvalue weighted by Gasteiger charge is -2.27. The van der Waals surface area contributed by atoms with E-state index < -0.39 is 0 Å². The zero-order valence-electron chi connectivity index (χ0n) is 12.5. The van der Waals surface area contributed by atoms with Crippen molar-refractivity contribution in [3.8, 4) is 0 Å². The molecule has 1 heterocycles. The van der Waals surface area contributed by atoms with Gasteiger partial charge in [-0.25, -0.2) is 9.97 Å². The summed E-state index contributed by atoms with van der Waals surface area (Å²) in [6, 6.07) is 1.91. The molecule has 0 aliphatic carbocycles. The first-order valence-electron chi connectivity index (χ1n) is 6.54. The summed E-state index contributed by atoms with van der Waals surface area (Å²) >= 11 is 0. The van der Waals surface area contributed by atoms with Crippen LogP contribution in [0.25, 0.3) is 0 Å². The minimum atomic E-state index is 0.173. The number of nitrogens with one attached hydrogen (secondary N) is 1. The van der Waals surface area contributed by atoms with Crippen molar-refractivity contribution < 1.29 is 4.79 Å². The molecule has 0 aromatic carbocycles. The Balaban J connectivity index is 2.63. The van der Waals surface area contributed by atoms with Gasteiger partial charge in [-0.3, -0.25) is 4.79 Å². The van der Waals surface area contributed by atoms with Crippen LogP contribution >= 0.6 is 0 Å². The molecule has 0 saturated carbocycles. The number of hydrogen-bond acceptors (Lipinski definition) is 5. The summed E-state index contributed by atoms with van der Waals surface area (Å²) in [4.78, 5) is 21.4. The third-order valence-electron chi connectivity index (χ3n) is 2.54. The van der Waals surface area contributed by atoms with Crippen LogP contribution in [-0.4, -0.2) is 35.9 Å². The molecule has 0 fully saturated rings. The van der Waals surface area contributed by atoms with E-state index in [1.807, 2.05) is 13.1 Å². The van der Waals surface area contributed by atoms with Gasteiger partial charge in [0.1, 0.15) is 23.7 Å². The molecule has 5 heteroatoms. The summed E-state index contributed by atoms with van der Waals surface area (Å²) in [6.45, 7) is 9.68. The van der Waals surface area contributed by atoms with Gasteiger partial charge in [-0.05, 0) is 12.3 Å². The van der Waals surface area contributed by atoms with Crippen LogP contribution in [0.5, 0.6) is 0 Å². The molecule has 0 aliphatic heterocycles. The number of aromatic nitrogens is 2. The summed E-state index contributed by atoms with van der Waals surface area (Å²) in [7, 11) is 2.02. The molecule has 0 bridgehead atoms. The molecule has 0 aliphatic rings. The molecular weight excluding hydrogens is 240 g/mol. The first-order chi connectivity index (χ1) is 8.78. The van der Waals surface area contributed by atoms with Crippen LogP contribution in [0.4, 0.5) is 11.6 Å². The summed E-state index contributed by atoms with van der Waals surface area (Å²) in [6.07, 6.45) is 2.06. The Morgan fingerprint density at radius 1 is 1.37 bits per heavy atom. The SMILES string of the molecule is CC(=O)CCNc1cc(N(C)CC(C)(C)C)ncn1. The van der Waals surface area contributed by atoms with Gasteiger partial charge in [-0.1, -0.05) is 20.8 Å². The largest absolute Gasteiger partial charge is 0.369 e. The molecule has 1 rings (SSSR count). The molecule has 106 valence electrons. The number of nitrogens with zero attached hydrogens (tertiary/aromatic N) is 3. The molecule has 0 unspecified atom stereocenters. The standard InChI is InChI=1S/C14H24N4O/c1-11(19)6-7-15-12-8-13(17-10-16-12)18(5)9-14(2,3)4/h8,10H,6-7,9H2,1-5H3,(H,15,16,17). The van der Waals surface area contributed by atoms with Crippen LogP contribution in [0.3, 0.4) is 0 Å². The van der Waals surface area contributed by atoms with Gasteiger partial charge in [0.15, 0.2) is 0 Å². The van der Waals surface area contributed by atoms with E-state index >= 15 is 0 Å². The molecule has 0 spiro atoms. The fourth-order valence-corrected chi connectivity index (χ4v) is 1.81. The van der Waals surface area contributed by atoms with E-state index in [-0.39, 0.29) is 11.2 Å². The van der Waals surface area contributed by atoms with Crippen molar-refractivity contribution in [3.05, 3.63) is 12.4 Å². The average molecular weight is 264 g/mol. The third kappa shape index (κ3) is 6.18. The highest BCUT2D eigenvalue weighted by atomic mass is 16.1. The zero-order chi connectivity index (χ0) is 14.5. The summed E-state index contributed by atoms with van der Waals surface area (Å²) < 4.78 is 0. The fraction of sp³-hybridized carbons (Fsp3) is 0.643. The predicted octanol–water partition coefficient (Wildman–Crippen LogP) is 2.35. The fourth-order valence-electron chi connectivity index (χ4n) is 1.81. The highest BCUT2D eigenvalue weighted by Crippen LogP contribution is 2.19. The number of ketones is 1. The van der Waals surface area contributed by atoms with Crippen molar-refractivity contribution in [2.24, 2.45) is 5.41 Å². The van der Waals surface area contributed by atoms with E-state index in [4.69, 9.17) is 0 Å². The van der Waals surface area contributed by atoms with Crippen LogP contribution in [0.15, 0.2) is 12.4 Å². The number of carbonyl (C=O) groups excluding carboxylic acids is 1. The average Bonchev–Trinajstić information content (AvgIpc) is 2.26. The van der Waals surface area contributed by atoms with Crippen molar-refractivity contribution in [1.29, 1.82) is 0 Å². The van der Waals surface area contributed by atoms with Gasteiger partial charge in [0.2, 0.25) is 0 Å².